The van der Waals surface area contributed by atoms with E-state index in [0.717, 1.165) is 27.7 Å². The molecule has 0 aliphatic carbocycles. The summed E-state index contributed by atoms with van der Waals surface area (Å²) in [6, 6.07) is 27.3. The van der Waals surface area contributed by atoms with Crippen molar-refractivity contribution < 1.29 is 19.1 Å². The highest BCUT2D eigenvalue weighted by Crippen LogP contribution is 2.54. The van der Waals surface area contributed by atoms with E-state index in [1.807, 2.05) is 54.6 Å². The molecule has 11 heteroatoms. The highest BCUT2D eigenvalue weighted by atomic mass is 35.5. The lowest BCUT2D eigenvalue weighted by molar-refractivity contribution is -0.122. The summed E-state index contributed by atoms with van der Waals surface area (Å²) < 4.78 is 6.75. The fourth-order valence-electron chi connectivity index (χ4n) is 5.88. The number of rotatable bonds is 6. The summed E-state index contributed by atoms with van der Waals surface area (Å²) >= 11 is 8.25. The summed E-state index contributed by atoms with van der Waals surface area (Å²) in [5.41, 5.74) is 1.82. The number of carbonyl (C=O) groups is 3. The van der Waals surface area contributed by atoms with Crippen molar-refractivity contribution in [2.45, 2.75) is 22.7 Å². The molecule has 0 saturated carbocycles. The summed E-state index contributed by atoms with van der Waals surface area (Å²) in [6.45, 7) is -0.236. The van der Waals surface area contributed by atoms with Crippen LogP contribution in [0.15, 0.2) is 101 Å². The van der Waals surface area contributed by atoms with Crippen LogP contribution in [0, 0.1) is 5.92 Å². The van der Waals surface area contributed by atoms with E-state index in [2.05, 4.69) is 5.32 Å². The molecule has 3 unspecified atom stereocenters. The number of carbonyl (C=O) groups excluding carboxylic acids is 3. The van der Waals surface area contributed by atoms with Gasteiger partial charge in [0.25, 0.3) is 0 Å². The standard InChI is InChI=1S/C33H24ClN3O5S2/c1-42-24-14-7-19(8-15-24)26-27-28(31(40)37(30(27)39)23-12-9-21(34)10-13-23)43-32-29(26)44-33(41)36(32)17-25(38)35-22-11-6-18-4-2-3-5-20(18)16-22/h2-16,26-28H,17H2,1H3,(H,35,38). The SMILES string of the molecule is COc1ccc(C2c3sc(=O)n(CC(=O)Nc4ccc5ccccc5c4)c3SC3C(=O)N(c4ccc(Cl)cc4)C(=O)C32)cc1. The zero-order chi connectivity index (χ0) is 30.5. The number of aromatic nitrogens is 1. The maximum absolute atomic E-state index is 14.0. The van der Waals surface area contributed by atoms with E-state index in [1.54, 1.807) is 43.5 Å². The van der Waals surface area contributed by atoms with Crippen molar-refractivity contribution in [3.05, 3.63) is 116 Å². The van der Waals surface area contributed by atoms with Crippen molar-refractivity contribution in [3.63, 3.8) is 0 Å². The molecule has 0 radical (unpaired) electrons. The molecule has 8 nitrogen and oxygen atoms in total. The molecular formula is C33H24ClN3O5S2. The molecule has 3 amide bonds. The van der Waals surface area contributed by atoms with Crippen molar-refractivity contribution in [1.29, 1.82) is 0 Å². The van der Waals surface area contributed by atoms with Gasteiger partial charge in [0.1, 0.15) is 17.5 Å². The number of methoxy groups -OCH3 is 1. The van der Waals surface area contributed by atoms with Crippen LogP contribution in [0.5, 0.6) is 5.75 Å². The molecule has 0 spiro atoms. The van der Waals surface area contributed by atoms with Gasteiger partial charge in [0.2, 0.25) is 17.7 Å². The van der Waals surface area contributed by atoms with Gasteiger partial charge < -0.3 is 10.1 Å². The average molecular weight is 642 g/mol. The Kier molecular flexibility index (Phi) is 7.28. The number of ether oxygens (including phenoxy) is 1. The molecule has 2 aliphatic rings. The number of benzene rings is 4. The molecule has 44 heavy (non-hydrogen) atoms. The first-order chi connectivity index (χ1) is 21.3. The molecule has 4 aromatic carbocycles. The van der Waals surface area contributed by atoms with Gasteiger partial charge in [0.05, 0.1) is 23.7 Å². The second kappa shape index (κ2) is 11.3. The van der Waals surface area contributed by atoms with Crippen LogP contribution < -0.4 is 19.8 Å². The van der Waals surface area contributed by atoms with Gasteiger partial charge in [-0.25, -0.2) is 4.90 Å². The van der Waals surface area contributed by atoms with Crippen LogP contribution in [-0.2, 0) is 20.9 Å². The third-order valence-electron chi connectivity index (χ3n) is 7.94. The molecule has 1 N–H and O–H groups in total. The average Bonchev–Trinajstić information content (AvgIpc) is 3.47. The Morgan fingerprint density at radius 1 is 0.909 bits per heavy atom. The first-order valence-corrected chi connectivity index (χ1v) is 15.9. The Morgan fingerprint density at radius 3 is 2.36 bits per heavy atom. The monoisotopic (exact) mass is 641 g/mol. The van der Waals surface area contributed by atoms with E-state index >= 15 is 0 Å². The number of halogens is 1. The fraction of sp³-hybridized carbons (Fsp3) is 0.152. The minimum absolute atomic E-state index is 0.236. The van der Waals surface area contributed by atoms with Gasteiger partial charge in [-0.2, -0.15) is 0 Å². The number of fused-ring (bicyclic) bond motifs is 3. The van der Waals surface area contributed by atoms with Crippen LogP contribution in [0.1, 0.15) is 16.4 Å². The first kappa shape index (κ1) is 28.4. The Labute approximate surface area is 265 Å². The van der Waals surface area contributed by atoms with Crippen LogP contribution in [0.2, 0.25) is 5.02 Å². The number of thioether (sulfide) groups is 1. The van der Waals surface area contributed by atoms with E-state index < -0.39 is 17.1 Å². The van der Waals surface area contributed by atoms with Crippen molar-refractivity contribution >= 4 is 74.6 Å². The summed E-state index contributed by atoms with van der Waals surface area (Å²) in [5.74, 6) is -1.77. The maximum Gasteiger partial charge on any atom is 0.308 e. The summed E-state index contributed by atoms with van der Waals surface area (Å²) in [5, 5.41) is 5.15. The summed E-state index contributed by atoms with van der Waals surface area (Å²) in [4.78, 5) is 56.1. The minimum atomic E-state index is -0.790. The van der Waals surface area contributed by atoms with E-state index in [1.165, 1.54) is 21.2 Å². The molecule has 7 rings (SSSR count). The number of anilines is 2. The van der Waals surface area contributed by atoms with Crippen molar-refractivity contribution in [3.8, 4) is 5.75 Å². The maximum atomic E-state index is 14.0. The van der Waals surface area contributed by atoms with Gasteiger partial charge in [-0.05, 0) is 64.9 Å². The topological polar surface area (TPSA) is 97.7 Å². The smallest absolute Gasteiger partial charge is 0.308 e. The van der Waals surface area contributed by atoms with Crippen molar-refractivity contribution in [2.24, 2.45) is 5.92 Å². The minimum Gasteiger partial charge on any atom is -0.497 e. The van der Waals surface area contributed by atoms with E-state index in [4.69, 9.17) is 16.3 Å². The van der Waals surface area contributed by atoms with Crippen LogP contribution in [0.25, 0.3) is 10.8 Å². The van der Waals surface area contributed by atoms with Crippen LogP contribution in [0.4, 0.5) is 11.4 Å². The molecule has 3 atom stereocenters. The lowest BCUT2D eigenvalue weighted by Gasteiger charge is -2.30. The predicted molar refractivity (Wildman–Crippen MR) is 173 cm³/mol. The van der Waals surface area contributed by atoms with Gasteiger partial charge >= 0.3 is 4.87 Å². The Balaban J connectivity index is 1.26. The molecule has 220 valence electrons. The fourth-order valence-corrected chi connectivity index (χ4v) is 8.78. The second-order valence-electron chi connectivity index (χ2n) is 10.5. The van der Waals surface area contributed by atoms with Crippen LogP contribution in [0.3, 0.4) is 0 Å². The molecular weight excluding hydrogens is 618 g/mol. The molecule has 1 aromatic heterocycles. The van der Waals surface area contributed by atoms with Gasteiger partial charge in [0.15, 0.2) is 0 Å². The number of thiazole rings is 1. The van der Waals surface area contributed by atoms with Gasteiger partial charge in [0, 0.05) is 21.5 Å². The highest BCUT2D eigenvalue weighted by molar-refractivity contribution is 8.00. The molecule has 1 saturated heterocycles. The van der Waals surface area contributed by atoms with Gasteiger partial charge in [-0.15, -0.1) is 0 Å². The Hall–Kier alpha value is -4.38. The zero-order valence-corrected chi connectivity index (χ0v) is 25.6. The molecule has 0 bridgehead atoms. The molecule has 1 fully saturated rings. The van der Waals surface area contributed by atoms with Gasteiger partial charge in [-0.3, -0.25) is 23.7 Å². The number of imide groups is 1. The zero-order valence-electron chi connectivity index (χ0n) is 23.2. The number of hydrogen-bond donors (Lipinski definition) is 1. The highest BCUT2D eigenvalue weighted by Gasteiger charge is 2.56. The second-order valence-corrected chi connectivity index (χ2v) is 13.1. The number of amides is 3. The quantitative estimate of drug-likeness (QED) is 0.223. The lowest BCUT2D eigenvalue weighted by Crippen LogP contribution is -2.33. The third-order valence-corrected chi connectivity index (χ3v) is 10.8. The number of hydrogen-bond acceptors (Lipinski definition) is 7. The number of nitrogens with one attached hydrogen (secondary N) is 1. The summed E-state index contributed by atoms with van der Waals surface area (Å²) in [6.07, 6.45) is 0. The number of nitrogens with zero attached hydrogens (tertiary/aromatic N) is 2. The summed E-state index contributed by atoms with van der Waals surface area (Å²) in [7, 11) is 1.57. The van der Waals surface area contributed by atoms with Crippen molar-refractivity contribution in [1.82, 2.24) is 4.57 Å². The van der Waals surface area contributed by atoms with Crippen molar-refractivity contribution in [2.75, 3.05) is 17.3 Å². The third kappa shape index (κ3) is 4.89. The molecule has 2 aliphatic heterocycles. The molecule has 5 aromatic rings. The van der Waals surface area contributed by atoms with Crippen LogP contribution >= 0.6 is 34.7 Å². The van der Waals surface area contributed by atoms with E-state index in [0.29, 0.717) is 32.1 Å². The first-order valence-electron chi connectivity index (χ1n) is 13.8. The molecule has 3 heterocycles. The van der Waals surface area contributed by atoms with E-state index in [-0.39, 0.29) is 29.1 Å². The van der Waals surface area contributed by atoms with Crippen LogP contribution in [-0.4, -0.2) is 34.6 Å². The Morgan fingerprint density at radius 2 is 1.64 bits per heavy atom. The largest absolute Gasteiger partial charge is 0.497 e. The normalized spacial score (nSPS) is 19.1. The van der Waals surface area contributed by atoms with Gasteiger partial charge in [-0.1, -0.05) is 77.2 Å². The predicted octanol–water partition coefficient (Wildman–Crippen LogP) is 6.16. The Bertz CT molecular complexity index is 2010. The van der Waals surface area contributed by atoms with E-state index in [9.17, 15) is 19.2 Å². The lowest BCUT2D eigenvalue weighted by atomic mass is 9.83.